The molecule has 5 rings (SSSR count). The highest BCUT2D eigenvalue weighted by atomic mass is 16.5. The number of fused-ring (bicyclic) bond motifs is 1. The number of para-hydroxylation sites is 1. The van der Waals surface area contributed by atoms with Crippen LogP contribution in [0, 0.1) is 0 Å². The normalized spacial score (nSPS) is 10.9. The van der Waals surface area contributed by atoms with Gasteiger partial charge >= 0.3 is 0 Å². The Balaban J connectivity index is 1.44. The molecule has 0 radical (unpaired) electrons. The molecule has 0 spiro atoms. The van der Waals surface area contributed by atoms with Gasteiger partial charge in [-0.2, -0.15) is 5.10 Å². The van der Waals surface area contributed by atoms with E-state index in [2.05, 4.69) is 28.3 Å². The van der Waals surface area contributed by atoms with Gasteiger partial charge in [-0.1, -0.05) is 48.5 Å². The van der Waals surface area contributed by atoms with Crippen molar-refractivity contribution in [1.29, 1.82) is 0 Å². The lowest BCUT2D eigenvalue weighted by atomic mass is 10.0. The molecule has 0 saturated heterocycles. The van der Waals surface area contributed by atoms with Gasteiger partial charge in [-0.05, 0) is 41.5 Å². The summed E-state index contributed by atoms with van der Waals surface area (Å²) in [4.78, 5) is 4.54. The molecular weight excluding hydrogens is 358 g/mol. The molecule has 0 aliphatic carbocycles. The van der Waals surface area contributed by atoms with Crippen LogP contribution in [0.1, 0.15) is 5.56 Å². The first kappa shape index (κ1) is 17.2. The number of pyridine rings is 1. The minimum atomic E-state index is 0.538. The Hall–Kier alpha value is -3.92. The van der Waals surface area contributed by atoms with E-state index in [4.69, 9.17) is 4.74 Å². The molecule has 0 saturated carbocycles. The summed E-state index contributed by atoms with van der Waals surface area (Å²) in [5.41, 5.74) is 5.24. The van der Waals surface area contributed by atoms with Gasteiger partial charge in [0, 0.05) is 29.4 Å². The number of ether oxygens (including phenoxy) is 1. The molecule has 0 amide bonds. The quantitative estimate of drug-likeness (QED) is 0.396. The molecule has 0 aliphatic rings. The summed E-state index contributed by atoms with van der Waals surface area (Å²) in [5.74, 6) is 0.811. The Kier molecular flexibility index (Phi) is 4.51. The minimum absolute atomic E-state index is 0.538. The monoisotopic (exact) mass is 377 g/mol. The molecule has 0 N–H and O–H groups in total. The molecule has 2 heterocycles. The van der Waals surface area contributed by atoms with Gasteiger partial charge in [0.1, 0.15) is 12.4 Å². The van der Waals surface area contributed by atoms with Crippen LogP contribution in [0.3, 0.4) is 0 Å². The van der Waals surface area contributed by atoms with Gasteiger partial charge in [0.05, 0.1) is 17.4 Å². The fourth-order valence-corrected chi connectivity index (χ4v) is 3.39. The van der Waals surface area contributed by atoms with Crippen LogP contribution in [-0.4, -0.2) is 14.8 Å². The lowest BCUT2D eigenvalue weighted by Gasteiger charge is -2.09. The summed E-state index contributed by atoms with van der Waals surface area (Å²) in [5, 5.41) is 5.60. The fraction of sp³-hybridized carbons (Fsp3) is 0.0400. The van der Waals surface area contributed by atoms with Crippen LogP contribution in [0.4, 0.5) is 0 Å². The zero-order chi connectivity index (χ0) is 19.5. The Morgan fingerprint density at radius 2 is 1.62 bits per heavy atom. The van der Waals surface area contributed by atoms with E-state index in [1.165, 1.54) is 0 Å². The number of nitrogens with zero attached hydrogens (tertiary/aromatic N) is 3. The van der Waals surface area contributed by atoms with Crippen LogP contribution >= 0.6 is 0 Å². The Labute approximate surface area is 169 Å². The molecule has 0 atom stereocenters. The first-order chi connectivity index (χ1) is 14.4. The molecule has 5 aromatic rings. The number of rotatable bonds is 5. The van der Waals surface area contributed by atoms with E-state index in [0.717, 1.165) is 39.0 Å². The Morgan fingerprint density at radius 1 is 0.828 bits per heavy atom. The van der Waals surface area contributed by atoms with Crippen LogP contribution < -0.4 is 4.74 Å². The molecule has 4 heteroatoms. The highest BCUT2D eigenvalue weighted by Crippen LogP contribution is 2.30. The second kappa shape index (κ2) is 7.60. The van der Waals surface area contributed by atoms with E-state index in [-0.39, 0.29) is 0 Å². The van der Waals surface area contributed by atoms with E-state index in [0.29, 0.717) is 6.61 Å². The van der Waals surface area contributed by atoms with Crippen molar-refractivity contribution in [3.05, 3.63) is 109 Å². The van der Waals surface area contributed by atoms with Crippen molar-refractivity contribution in [3.8, 4) is 22.6 Å². The highest BCUT2D eigenvalue weighted by Gasteiger charge is 2.09. The maximum Gasteiger partial charge on any atom is 0.122 e. The average Bonchev–Trinajstić information content (AvgIpc) is 3.28. The molecule has 140 valence electrons. The van der Waals surface area contributed by atoms with Crippen LogP contribution in [0.5, 0.6) is 5.75 Å². The first-order valence-electron chi connectivity index (χ1n) is 9.53. The maximum atomic E-state index is 5.95. The largest absolute Gasteiger partial charge is 0.489 e. The van der Waals surface area contributed by atoms with Crippen molar-refractivity contribution >= 4 is 10.9 Å². The standard InChI is InChI=1S/C25H19N3O/c1-3-7-19(8-4-1)18-29-22-11-12-24-23(13-14-26-25(24)15-22)20-16-27-28(17-20)21-9-5-2-6-10-21/h1-17H,18H2. The summed E-state index contributed by atoms with van der Waals surface area (Å²) >= 11 is 0. The van der Waals surface area contributed by atoms with E-state index in [1.54, 1.807) is 0 Å². The zero-order valence-electron chi connectivity index (χ0n) is 15.8. The molecule has 0 aliphatic heterocycles. The van der Waals surface area contributed by atoms with Crippen LogP contribution in [0.15, 0.2) is 104 Å². The van der Waals surface area contributed by atoms with E-state index < -0.39 is 0 Å². The molecule has 3 aromatic carbocycles. The van der Waals surface area contributed by atoms with Crippen molar-refractivity contribution in [3.63, 3.8) is 0 Å². The van der Waals surface area contributed by atoms with Crippen LogP contribution in [0.25, 0.3) is 27.7 Å². The number of hydrogen-bond acceptors (Lipinski definition) is 3. The van der Waals surface area contributed by atoms with Gasteiger partial charge in [-0.15, -0.1) is 0 Å². The van der Waals surface area contributed by atoms with Gasteiger partial charge < -0.3 is 4.74 Å². The van der Waals surface area contributed by atoms with Gasteiger partial charge in [0.15, 0.2) is 0 Å². The van der Waals surface area contributed by atoms with Gasteiger partial charge in [0.25, 0.3) is 0 Å². The summed E-state index contributed by atoms with van der Waals surface area (Å²) in [6.07, 6.45) is 5.77. The van der Waals surface area contributed by atoms with E-state index in [1.807, 2.05) is 90.0 Å². The summed E-state index contributed by atoms with van der Waals surface area (Å²) in [6, 6.07) is 28.3. The van der Waals surface area contributed by atoms with Crippen molar-refractivity contribution in [2.24, 2.45) is 0 Å². The third kappa shape index (κ3) is 3.60. The van der Waals surface area contributed by atoms with Crippen LogP contribution in [0.2, 0.25) is 0 Å². The lowest BCUT2D eigenvalue weighted by molar-refractivity contribution is 0.306. The SMILES string of the molecule is c1ccc(COc2ccc3c(-c4cnn(-c5ccccc5)c4)ccnc3c2)cc1. The van der Waals surface area contributed by atoms with Crippen molar-refractivity contribution in [2.45, 2.75) is 6.61 Å². The predicted octanol–water partition coefficient (Wildman–Crippen LogP) is 5.67. The summed E-state index contributed by atoms with van der Waals surface area (Å²) in [6.45, 7) is 0.538. The van der Waals surface area contributed by atoms with E-state index in [9.17, 15) is 0 Å². The second-order valence-electron chi connectivity index (χ2n) is 6.82. The molecule has 2 aromatic heterocycles. The minimum Gasteiger partial charge on any atom is -0.489 e. The fourth-order valence-electron chi connectivity index (χ4n) is 3.39. The van der Waals surface area contributed by atoms with Gasteiger partial charge in [-0.25, -0.2) is 4.68 Å². The van der Waals surface area contributed by atoms with Gasteiger partial charge in [0.2, 0.25) is 0 Å². The van der Waals surface area contributed by atoms with Crippen molar-refractivity contribution in [1.82, 2.24) is 14.8 Å². The Morgan fingerprint density at radius 3 is 2.45 bits per heavy atom. The molecule has 0 bridgehead atoms. The highest BCUT2D eigenvalue weighted by molar-refractivity contribution is 5.94. The first-order valence-corrected chi connectivity index (χ1v) is 9.53. The smallest absolute Gasteiger partial charge is 0.122 e. The number of benzene rings is 3. The third-order valence-electron chi connectivity index (χ3n) is 4.88. The topological polar surface area (TPSA) is 39.9 Å². The van der Waals surface area contributed by atoms with Crippen molar-refractivity contribution in [2.75, 3.05) is 0 Å². The van der Waals surface area contributed by atoms with E-state index >= 15 is 0 Å². The maximum absolute atomic E-state index is 5.95. The second-order valence-corrected chi connectivity index (χ2v) is 6.82. The molecule has 0 fully saturated rings. The zero-order valence-corrected chi connectivity index (χ0v) is 15.8. The molecule has 4 nitrogen and oxygen atoms in total. The molecule has 0 unspecified atom stereocenters. The Bertz CT molecular complexity index is 1250. The molecular formula is C25H19N3O. The van der Waals surface area contributed by atoms with Gasteiger partial charge in [-0.3, -0.25) is 4.98 Å². The lowest BCUT2D eigenvalue weighted by Crippen LogP contribution is -1.95. The number of hydrogen-bond donors (Lipinski definition) is 0. The molecule has 29 heavy (non-hydrogen) atoms. The summed E-state index contributed by atoms with van der Waals surface area (Å²) < 4.78 is 7.84. The summed E-state index contributed by atoms with van der Waals surface area (Å²) in [7, 11) is 0. The third-order valence-corrected chi connectivity index (χ3v) is 4.88. The van der Waals surface area contributed by atoms with Crippen molar-refractivity contribution < 1.29 is 4.74 Å². The predicted molar refractivity (Wildman–Crippen MR) is 115 cm³/mol. The average molecular weight is 377 g/mol. The van der Waals surface area contributed by atoms with Crippen LogP contribution in [-0.2, 0) is 6.61 Å². The number of aromatic nitrogens is 3.